The van der Waals surface area contributed by atoms with Gasteiger partial charge in [0, 0.05) is 42.7 Å². The van der Waals surface area contributed by atoms with Crippen LogP contribution < -0.4 is 10.1 Å². The summed E-state index contributed by atoms with van der Waals surface area (Å²) in [7, 11) is 1.98. The number of benzene rings is 2. The highest BCUT2D eigenvalue weighted by Crippen LogP contribution is 2.31. The standard InChI is InChI=1S/C32H43N3O6/c1-21-17-35(22(2)20-36)30(37)16-26-15-27(33-31(38)24-7-5-4-6-8-24)13-14-28(26)41-29(21)19-34(3)18-23-9-11-25(12-10-23)32(39)40/h9-15,21-22,24,29,36H,4-8,16-20H2,1-3H3,(H,33,38)(H,39,40)/t21-,22+,29-/m0/s1. The number of aliphatic hydroxyl groups excluding tert-OH is 1. The van der Waals surface area contributed by atoms with Crippen LogP contribution in [0.2, 0.25) is 0 Å². The monoisotopic (exact) mass is 565 g/mol. The number of carbonyl (C=O) groups excluding carboxylic acids is 2. The number of aromatic carboxylic acids is 1. The van der Waals surface area contributed by atoms with Crippen molar-refractivity contribution in [1.29, 1.82) is 0 Å². The molecule has 4 rings (SSSR count). The Morgan fingerprint density at radius 3 is 2.49 bits per heavy atom. The Morgan fingerprint density at radius 2 is 1.83 bits per heavy atom. The lowest BCUT2D eigenvalue weighted by molar-refractivity contribution is -0.134. The van der Waals surface area contributed by atoms with Crippen molar-refractivity contribution in [3.8, 4) is 5.75 Å². The van der Waals surface area contributed by atoms with Crippen LogP contribution in [0, 0.1) is 11.8 Å². The number of hydrogen-bond donors (Lipinski definition) is 3. The van der Waals surface area contributed by atoms with E-state index >= 15 is 0 Å². The molecule has 0 spiro atoms. The van der Waals surface area contributed by atoms with Crippen LogP contribution in [0.25, 0.3) is 0 Å². The van der Waals surface area contributed by atoms with Crippen LogP contribution in [-0.4, -0.2) is 76.7 Å². The molecule has 1 heterocycles. The first kappa shape index (κ1) is 30.5. The summed E-state index contributed by atoms with van der Waals surface area (Å²) in [5.41, 5.74) is 2.59. The number of ether oxygens (including phenoxy) is 1. The van der Waals surface area contributed by atoms with Gasteiger partial charge in [0.25, 0.3) is 0 Å². The molecule has 0 radical (unpaired) electrons. The molecule has 222 valence electrons. The predicted octanol–water partition coefficient (Wildman–Crippen LogP) is 4.18. The highest BCUT2D eigenvalue weighted by Gasteiger charge is 2.31. The average Bonchev–Trinajstić information content (AvgIpc) is 3.00. The molecule has 0 unspecified atom stereocenters. The Labute approximate surface area is 242 Å². The lowest BCUT2D eigenvalue weighted by Crippen LogP contribution is -2.47. The smallest absolute Gasteiger partial charge is 0.335 e. The van der Waals surface area contributed by atoms with E-state index in [9.17, 15) is 24.6 Å². The molecule has 1 aliphatic heterocycles. The number of carboxylic acids is 1. The number of carbonyl (C=O) groups is 3. The molecule has 9 nitrogen and oxygen atoms in total. The molecular formula is C32H43N3O6. The van der Waals surface area contributed by atoms with Gasteiger partial charge in [-0.1, -0.05) is 38.3 Å². The first-order valence-corrected chi connectivity index (χ1v) is 14.7. The summed E-state index contributed by atoms with van der Waals surface area (Å²) in [4.78, 5) is 41.4. The number of amides is 2. The van der Waals surface area contributed by atoms with Crippen LogP contribution in [0.4, 0.5) is 5.69 Å². The van der Waals surface area contributed by atoms with Gasteiger partial charge in [0.2, 0.25) is 11.8 Å². The van der Waals surface area contributed by atoms with Crippen molar-refractivity contribution in [3.63, 3.8) is 0 Å². The van der Waals surface area contributed by atoms with E-state index in [0.717, 1.165) is 31.2 Å². The lowest BCUT2D eigenvalue weighted by Gasteiger charge is -2.34. The summed E-state index contributed by atoms with van der Waals surface area (Å²) in [6.45, 7) is 5.35. The number of anilines is 1. The molecule has 41 heavy (non-hydrogen) atoms. The summed E-state index contributed by atoms with van der Waals surface area (Å²) in [5.74, 6) is -0.422. The first-order chi connectivity index (χ1) is 19.6. The second-order valence-corrected chi connectivity index (χ2v) is 11.7. The quantitative estimate of drug-likeness (QED) is 0.417. The fraction of sp³-hybridized carbons (Fsp3) is 0.531. The van der Waals surface area contributed by atoms with E-state index in [1.54, 1.807) is 17.0 Å². The Hall–Kier alpha value is -3.43. The molecule has 2 aliphatic rings. The van der Waals surface area contributed by atoms with Crippen molar-refractivity contribution in [3.05, 3.63) is 59.2 Å². The van der Waals surface area contributed by atoms with E-state index in [1.807, 2.05) is 51.2 Å². The molecule has 3 atom stereocenters. The topological polar surface area (TPSA) is 119 Å². The van der Waals surface area contributed by atoms with E-state index < -0.39 is 5.97 Å². The Balaban J connectivity index is 1.55. The van der Waals surface area contributed by atoms with Crippen molar-refractivity contribution in [2.45, 2.75) is 71.1 Å². The summed E-state index contributed by atoms with van der Waals surface area (Å²) in [6.07, 6.45) is 4.98. The fourth-order valence-electron chi connectivity index (χ4n) is 5.77. The normalized spacial score (nSPS) is 20.8. The summed E-state index contributed by atoms with van der Waals surface area (Å²) in [6, 6.07) is 12.0. The van der Waals surface area contributed by atoms with Gasteiger partial charge in [0.05, 0.1) is 24.6 Å². The van der Waals surface area contributed by atoms with E-state index in [1.165, 1.54) is 6.42 Å². The van der Waals surface area contributed by atoms with Crippen LogP contribution >= 0.6 is 0 Å². The summed E-state index contributed by atoms with van der Waals surface area (Å²) < 4.78 is 6.60. The minimum atomic E-state index is -0.954. The van der Waals surface area contributed by atoms with E-state index in [0.29, 0.717) is 36.6 Å². The lowest BCUT2D eigenvalue weighted by atomic mass is 9.88. The largest absolute Gasteiger partial charge is 0.488 e. The minimum absolute atomic E-state index is 0.0221. The number of likely N-dealkylation sites (N-methyl/N-ethyl adjacent to an activating group) is 1. The molecule has 2 aromatic rings. The average molecular weight is 566 g/mol. The maximum absolute atomic E-state index is 13.5. The number of aliphatic hydroxyl groups is 1. The van der Waals surface area contributed by atoms with Crippen molar-refractivity contribution in [2.75, 3.05) is 32.1 Å². The Morgan fingerprint density at radius 1 is 1.12 bits per heavy atom. The van der Waals surface area contributed by atoms with Gasteiger partial charge in [-0.25, -0.2) is 4.79 Å². The third-order valence-corrected chi connectivity index (χ3v) is 8.30. The van der Waals surface area contributed by atoms with E-state index in [4.69, 9.17) is 4.74 Å². The van der Waals surface area contributed by atoms with Crippen molar-refractivity contribution in [1.82, 2.24) is 9.80 Å². The summed E-state index contributed by atoms with van der Waals surface area (Å²) >= 11 is 0. The number of nitrogens with zero attached hydrogens (tertiary/aromatic N) is 2. The Bertz CT molecular complexity index is 1210. The van der Waals surface area contributed by atoms with Crippen LogP contribution in [0.15, 0.2) is 42.5 Å². The van der Waals surface area contributed by atoms with Gasteiger partial charge < -0.3 is 25.2 Å². The van der Waals surface area contributed by atoms with Gasteiger partial charge in [-0.15, -0.1) is 0 Å². The molecule has 3 N–H and O–H groups in total. The maximum atomic E-state index is 13.5. The predicted molar refractivity (Wildman–Crippen MR) is 157 cm³/mol. The SMILES string of the molecule is C[C@H](CO)N1C[C@H](C)[C@H](CN(C)Cc2ccc(C(=O)O)cc2)Oc2ccc(NC(=O)C3CCCCC3)cc2CC1=O. The highest BCUT2D eigenvalue weighted by molar-refractivity contribution is 5.93. The molecule has 1 fully saturated rings. The third kappa shape index (κ3) is 8.07. The van der Waals surface area contributed by atoms with Gasteiger partial charge in [-0.2, -0.15) is 0 Å². The number of rotatable bonds is 9. The van der Waals surface area contributed by atoms with Gasteiger partial charge >= 0.3 is 5.97 Å². The minimum Gasteiger partial charge on any atom is -0.488 e. The zero-order chi connectivity index (χ0) is 29.5. The molecule has 2 aromatic carbocycles. The molecule has 0 bridgehead atoms. The van der Waals surface area contributed by atoms with Gasteiger partial charge in [-0.3, -0.25) is 14.5 Å². The van der Waals surface area contributed by atoms with Crippen molar-refractivity contribution < 1.29 is 29.3 Å². The summed E-state index contributed by atoms with van der Waals surface area (Å²) in [5, 5.41) is 22.1. The van der Waals surface area contributed by atoms with E-state index in [2.05, 4.69) is 10.2 Å². The van der Waals surface area contributed by atoms with Gasteiger partial charge in [-0.05, 0) is 62.7 Å². The molecule has 0 saturated heterocycles. The second kappa shape index (κ2) is 14.0. The van der Waals surface area contributed by atoms with Crippen LogP contribution in [0.1, 0.15) is 67.4 Å². The molecule has 0 aromatic heterocycles. The first-order valence-electron chi connectivity index (χ1n) is 14.7. The Kier molecular flexibility index (Phi) is 10.4. The number of fused-ring (bicyclic) bond motifs is 1. The van der Waals surface area contributed by atoms with Crippen LogP contribution in [0.5, 0.6) is 5.75 Å². The molecule has 9 heteroatoms. The van der Waals surface area contributed by atoms with Gasteiger partial charge in [0.1, 0.15) is 11.9 Å². The van der Waals surface area contributed by atoms with E-state index in [-0.39, 0.29) is 54.4 Å². The highest BCUT2D eigenvalue weighted by atomic mass is 16.5. The zero-order valence-electron chi connectivity index (χ0n) is 24.3. The van der Waals surface area contributed by atoms with Crippen LogP contribution in [0.3, 0.4) is 0 Å². The number of nitrogens with one attached hydrogen (secondary N) is 1. The van der Waals surface area contributed by atoms with Crippen molar-refractivity contribution in [2.24, 2.45) is 11.8 Å². The second-order valence-electron chi connectivity index (χ2n) is 11.7. The molecule has 1 saturated carbocycles. The third-order valence-electron chi connectivity index (χ3n) is 8.30. The zero-order valence-corrected chi connectivity index (χ0v) is 24.3. The van der Waals surface area contributed by atoms with Crippen LogP contribution in [-0.2, 0) is 22.6 Å². The number of hydrogen-bond acceptors (Lipinski definition) is 6. The molecule has 2 amide bonds. The fourth-order valence-corrected chi connectivity index (χ4v) is 5.77. The van der Waals surface area contributed by atoms with Crippen molar-refractivity contribution >= 4 is 23.5 Å². The van der Waals surface area contributed by atoms with Gasteiger partial charge in [0.15, 0.2) is 0 Å². The number of carboxylic acid groups (broad SMARTS) is 1. The maximum Gasteiger partial charge on any atom is 0.335 e. The molecular weight excluding hydrogens is 522 g/mol. The molecule has 1 aliphatic carbocycles.